The van der Waals surface area contributed by atoms with Crippen molar-refractivity contribution in [1.82, 2.24) is 14.7 Å². The lowest BCUT2D eigenvalue weighted by Crippen LogP contribution is -2.34. The normalized spacial score (nSPS) is 22.9. The molecule has 4 rings (SSSR count). The van der Waals surface area contributed by atoms with Crippen LogP contribution in [0.3, 0.4) is 0 Å². The smallest absolute Gasteiger partial charge is 0.230 e. The van der Waals surface area contributed by atoms with E-state index >= 15 is 0 Å². The van der Waals surface area contributed by atoms with Crippen LogP contribution in [0.15, 0.2) is 24.3 Å². The van der Waals surface area contributed by atoms with Crippen molar-refractivity contribution in [1.29, 1.82) is 0 Å². The van der Waals surface area contributed by atoms with Crippen LogP contribution in [-0.2, 0) is 18.3 Å². The highest BCUT2D eigenvalue weighted by molar-refractivity contribution is 5.85. The zero-order valence-electron chi connectivity index (χ0n) is 14.7. The average Bonchev–Trinajstić information content (AvgIpc) is 3.26. The number of hydrogen-bond acceptors (Lipinski definition) is 2. The third-order valence-electron chi connectivity index (χ3n) is 5.87. The molecule has 1 amide bonds. The second kappa shape index (κ2) is 5.76. The molecule has 4 nitrogen and oxygen atoms in total. The van der Waals surface area contributed by atoms with E-state index in [9.17, 15) is 4.79 Å². The molecule has 2 aliphatic rings. The zero-order valence-corrected chi connectivity index (χ0v) is 14.7. The fourth-order valence-electron chi connectivity index (χ4n) is 4.62. The summed E-state index contributed by atoms with van der Waals surface area (Å²) < 4.78 is 1.94. The van der Waals surface area contributed by atoms with Gasteiger partial charge in [0, 0.05) is 24.8 Å². The number of hydrogen-bond donors (Lipinski definition) is 0. The lowest BCUT2D eigenvalue weighted by Gasteiger charge is -2.28. The molecule has 1 aliphatic heterocycles. The minimum absolute atomic E-state index is 0.0408. The Bertz CT molecular complexity index is 792. The quantitative estimate of drug-likeness (QED) is 0.849. The molecule has 1 aliphatic carbocycles. The maximum absolute atomic E-state index is 13.3. The van der Waals surface area contributed by atoms with E-state index in [1.165, 1.54) is 22.4 Å². The molecular weight excluding hydrogens is 298 g/mol. The first-order chi connectivity index (χ1) is 11.6. The van der Waals surface area contributed by atoms with Crippen LogP contribution in [0, 0.1) is 13.8 Å². The van der Waals surface area contributed by atoms with E-state index in [-0.39, 0.29) is 12.0 Å². The molecule has 2 heterocycles. The second-order valence-corrected chi connectivity index (χ2v) is 7.19. The predicted octanol–water partition coefficient (Wildman–Crippen LogP) is 3.43. The van der Waals surface area contributed by atoms with Crippen molar-refractivity contribution in [2.24, 2.45) is 7.05 Å². The van der Waals surface area contributed by atoms with E-state index in [1.54, 1.807) is 0 Å². The molecule has 2 aromatic rings. The van der Waals surface area contributed by atoms with Crippen molar-refractivity contribution in [2.75, 3.05) is 6.54 Å². The molecule has 0 bridgehead atoms. The fraction of sp³-hybridized carbons (Fsp3) is 0.500. The van der Waals surface area contributed by atoms with Gasteiger partial charge in [0.1, 0.15) is 0 Å². The zero-order chi connectivity index (χ0) is 16.8. The third-order valence-corrected chi connectivity index (χ3v) is 5.87. The number of rotatable bonds is 2. The van der Waals surface area contributed by atoms with Crippen molar-refractivity contribution in [3.63, 3.8) is 0 Å². The van der Waals surface area contributed by atoms with Crippen molar-refractivity contribution >= 4 is 5.91 Å². The summed E-state index contributed by atoms with van der Waals surface area (Å²) in [5.74, 6) is 0.351. The molecule has 0 unspecified atom stereocenters. The first-order valence-electron chi connectivity index (χ1n) is 8.96. The summed E-state index contributed by atoms with van der Waals surface area (Å²) in [6, 6.07) is 8.63. The number of fused-ring (bicyclic) bond motifs is 1. The van der Waals surface area contributed by atoms with Crippen molar-refractivity contribution in [3.05, 3.63) is 52.3 Å². The molecule has 0 saturated carbocycles. The van der Waals surface area contributed by atoms with Crippen LogP contribution in [0.5, 0.6) is 0 Å². The van der Waals surface area contributed by atoms with E-state index < -0.39 is 0 Å². The second-order valence-electron chi connectivity index (χ2n) is 7.19. The summed E-state index contributed by atoms with van der Waals surface area (Å²) in [7, 11) is 1.99. The van der Waals surface area contributed by atoms with Gasteiger partial charge in [-0.05, 0) is 50.7 Å². The third kappa shape index (κ3) is 2.27. The Kier molecular flexibility index (Phi) is 3.70. The summed E-state index contributed by atoms with van der Waals surface area (Å²) in [6.45, 7) is 5.05. The van der Waals surface area contributed by atoms with Crippen LogP contribution < -0.4 is 0 Å². The minimum Gasteiger partial charge on any atom is -0.335 e. The first-order valence-corrected chi connectivity index (χ1v) is 8.96. The van der Waals surface area contributed by atoms with Crippen LogP contribution >= 0.6 is 0 Å². The molecule has 2 atom stereocenters. The number of aromatic nitrogens is 2. The topological polar surface area (TPSA) is 38.1 Å². The molecule has 0 radical (unpaired) electrons. The van der Waals surface area contributed by atoms with Crippen molar-refractivity contribution < 1.29 is 4.79 Å². The standard InChI is InChI=1S/C20H25N3O/c1-13-19(14(2)22(3)21-13)18-9-6-12-23(18)20(24)17-11-10-15-7-4-5-8-16(15)17/h4-5,7-8,17-18H,6,9-12H2,1-3H3/t17-,18-/m1/s1. The van der Waals surface area contributed by atoms with Gasteiger partial charge in [0.25, 0.3) is 0 Å². The molecule has 0 N–H and O–H groups in total. The number of carbonyl (C=O) groups is 1. The van der Waals surface area contributed by atoms with Gasteiger partial charge in [-0.1, -0.05) is 24.3 Å². The summed E-state index contributed by atoms with van der Waals surface area (Å²) in [5.41, 5.74) is 6.10. The van der Waals surface area contributed by atoms with Gasteiger partial charge in [-0.3, -0.25) is 9.48 Å². The summed E-state index contributed by atoms with van der Waals surface area (Å²) in [6.07, 6.45) is 4.11. The Balaban J connectivity index is 1.65. The van der Waals surface area contributed by atoms with E-state index in [4.69, 9.17) is 0 Å². The molecule has 1 aromatic carbocycles. The lowest BCUT2D eigenvalue weighted by atomic mass is 9.97. The van der Waals surface area contributed by atoms with Gasteiger partial charge < -0.3 is 4.90 Å². The van der Waals surface area contributed by atoms with Crippen LogP contribution in [0.4, 0.5) is 0 Å². The highest BCUT2D eigenvalue weighted by atomic mass is 16.2. The van der Waals surface area contributed by atoms with E-state index in [0.717, 1.165) is 37.9 Å². The number of carbonyl (C=O) groups excluding carboxylic acids is 1. The number of nitrogens with zero attached hydrogens (tertiary/aromatic N) is 3. The van der Waals surface area contributed by atoms with Gasteiger partial charge in [-0.2, -0.15) is 5.10 Å². The van der Waals surface area contributed by atoms with E-state index in [2.05, 4.69) is 48.1 Å². The summed E-state index contributed by atoms with van der Waals surface area (Å²) in [5, 5.41) is 4.56. The molecule has 0 spiro atoms. The van der Waals surface area contributed by atoms with E-state index in [1.807, 2.05) is 11.7 Å². The molecule has 1 aromatic heterocycles. The minimum atomic E-state index is 0.0408. The SMILES string of the molecule is Cc1nn(C)c(C)c1[C@H]1CCCN1C(=O)[C@@H]1CCc2ccccc21. The van der Waals surface area contributed by atoms with Gasteiger partial charge in [0.15, 0.2) is 0 Å². The summed E-state index contributed by atoms with van der Waals surface area (Å²) >= 11 is 0. The van der Waals surface area contributed by atoms with Gasteiger partial charge in [-0.15, -0.1) is 0 Å². The Morgan fingerprint density at radius 1 is 1.21 bits per heavy atom. The Morgan fingerprint density at radius 3 is 2.75 bits per heavy atom. The first kappa shape index (κ1) is 15.4. The molecule has 1 saturated heterocycles. The maximum Gasteiger partial charge on any atom is 0.230 e. The highest BCUT2D eigenvalue weighted by Gasteiger charge is 2.38. The lowest BCUT2D eigenvalue weighted by molar-refractivity contribution is -0.133. The summed E-state index contributed by atoms with van der Waals surface area (Å²) in [4.78, 5) is 15.5. The average molecular weight is 323 g/mol. The largest absolute Gasteiger partial charge is 0.335 e. The Labute approximate surface area is 143 Å². The molecular formula is C20H25N3O. The number of amides is 1. The Hall–Kier alpha value is -2.10. The number of aryl methyl sites for hydroxylation is 3. The molecule has 4 heteroatoms. The molecule has 1 fully saturated rings. The molecule has 126 valence electrons. The van der Waals surface area contributed by atoms with Crippen molar-refractivity contribution in [3.8, 4) is 0 Å². The fourth-order valence-corrected chi connectivity index (χ4v) is 4.62. The van der Waals surface area contributed by atoms with Gasteiger partial charge in [-0.25, -0.2) is 0 Å². The van der Waals surface area contributed by atoms with Crippen LogP contribution in [0.2, 0.25) is 0 Å². The van der Waals surface area contributed by atoms with Crippen LogP contribution in [0.25, 0.3) is 0 Å². The maximum atomic E-state index is 13.3. The van der Waals surface area contributed by atoms with Crippen LogP contribution in [0.1, 0.15) is 59.3 Å². The predicted molar refractivity (Wildman–Crippen MR) is 93.9 cm³/mol. The number of likely N-dealkylation sites (tertiary alicyclic amines) is 1. The van der Waals surface area contributed by atoms with Gasteiger partial charge in [0.05, 0.1) is 17.7 Å². The van der Waals surface area contributed by atoms with E-state index in [0.29, 0.717) is 5.91 Å². The van der Waals surface area contributed by atoms with Gasteiger partial charge in [0.2, 0.25) is 5.91 Å². The monoisotopic (exact) mass is 323 g/mol. The van der Waals surface area contributed by atoms with Crippen molar-refractivity contribution in [2.45, 2.75) is 51.5 Å². The highest BCUT2D eigenvalue weighted by Crippen LogP contribution is 2.40. The van der Waals surface area contributed by atoms with Crippen LogP contribution in [-0.4, -0.2) is 27.1 Å². The van der Waals surface area contributed by atoms with Gasteiger partial charge >= 0.3 is 0 Å². The Morgan fingerprint density at radius 2 is 2.00 bits per heavy atom. The number of benzene rings is 1. The molecule has 24 heavy (non-hydrogen) atoms.